The number of carbonyl (C=O) groups excluding carboxylic acids is 1. The topological polar surface area (TPSA) is 61.2 Å². The van der Waals surface area contributed by atoms with E-state index in [0.717, 1.165) is 23.0 Å². The average molecular weight is 443 g/mol. The van der Waals surface area contributed by atoms with E-state index in [4.69, 9.17) is 27.9 Å². The minimum atomic E-state index is -4.45. The molecule has 0 amide bonds. The number of ether oxygens (including phenoxy) is 1. The van der Waals surface area contributed by atoms with Gasteiger partial charge >= 0.3 is 12.1 Å². The lowest BCUT2D eigenvalue weighted by Crippen LogP contribution is -2.23. The Morgan fingerprint density at radius 2 is 1.72 bits per heavy atom. The van der Waals surface area contributed by atoms with Crippen molar-refractivity contribution in [2.24, 2.45) is 0 Å². The lowest BCUT2D eigenvalue weighted by Gasteiger charge is -2.12. The first-order valence-corrected chi connectivity index (χ1v) is 8.80. The van der Waals surface area contributed by atoms with Gasteiger partial charge in [-0.15, -0.1) is 0 Å². The number of nitrogens with zero attached hydrogens (tertiary/aromatic N) is 2. The van der Waals surface area contributed by atoms with Gasteiger partial charge in [0.2, 0.25) is 0 Å². The summed E-state index contributed by atoms with van der Waals surface area (Å²) in [6.07, 6.45) is -3.29. The molecule has 5 nitrogen and oxygen atoms in total. The SMILES string of the molecule is O=C(OCc1ccc(C(F)(F)F)cc1)c1ccccc1-n1ncc(Cl)c(Cl)c1=O. The van der Waals surface area contributed by atoms with Gasteiger partial charge in [-0.2, -0.15) is 23.0 Å². The van der Waals surface area contributed by atoms with Crippen LogP contribution in [0.3, 0.4) is 0 Å². The van der Waals surface area contributed by atoms with Gasteiger partial charge in [0, 0.05) is 0 Å². The monoisotopic (exact) mass is 442 g/mol. The number of halogens is 5. The number of hydrogen-bond acceptors (Lipinski definition) is 4. The van der Waals surface area contributed by atoms with Crippen LogP contribution in [0.5, 0.6) is 0 Å². The number of hydrogen-bond donors (Lipinski definition) is 0. The molecule has 0 saturated carbocycles. The van der Waals surface area contributed by atoms with Gasteiger partial charge in [0.15, 0.2) is 0 Å². The molecule has 1 heterocycles. The van der Waals surface area contributed by atoms with Crippen molar-refractivity contribution >= 4 is 29.2 Å². The highest BCUT2D eigenvalue weighted by molar-refractivity contribution is 6.41. The highest BCUT2D eigenvalue weighted by atomic mass is 35.5. The maximum atomic E-state index is 12.6. The molecule has 2 aromatic carbocycles. The summed E-state index contributed by atoms with van der Waals surface area (Å²) in [6, 6.07) is 10.3. The molecule has 0 spiro atoms. The number of carbonyl (C=O) groups is 1. The number of aromatic nitrogens is 2. The summed E-state index contributed by atoms with van der Waals surface area (Å²) in [6.45, 7) is -0.255. The zero-order valence-electron chi connectivity index (χ0n) is 14.4. The molecule has 0 atom stereocenters. The summed E-state index contributed by atoms with van der Waals surface area (Å²) in [5.74, 6) is -0.791. The van der Waals surface area contributed by atoms with E-state index >= 15 is 0 Å². The Bertz CT molecular complexity index is 1110. The largest absolute Gasteiger partial charge is 0.457 e. The van der Waals surface area contributed by atoms with Crippen LogP contribution >= 0.6 is 23.2 Å². The molecule has 0 aliphatic rings. The van der Waals surface area contributed by atoms with E-state index < -0.39 is 23.3 Å². The normalized spacial score (nSPS) is 11.3. The molecule has 0 aliphatic carbocycles. The van der Waals surface area contributed by atoms with Gasteiger partial charge in [-0.1, -0.05) is 47.5 Å². The van der Waals surface area contributed by atoms with Crippen LogP contribution in [0.15, 0.2) is 59.5 Å². The standard InChI is InChI=1S/C19H11Cl2F3N2O3/c20-14-9-25-26(17(27)16(14)21)15-4-2-1-3-13(15)18(28)29-10-11-5-7-12(8-6-11)19(22,23)24/h1-9H,10H2. The first-order chi connectivity index (χ1) is 13.7. The van der Waals surface area contributed by atoms with Crippen LogP contribution in [-0.4, -0.2) is 15.7 Å². The average Bonchev–Trinajstić information content (AvgIpc) is 2.70. The molecular weight excluding hydrogens is 432 g/mol. The Balaban J connectivity index is 1.83. The zero-order chi connectivity index (χ0) is 21.2. The maximum absolute atomic E-state index is 12.6. The quantitative estimate of drug-likeness (QED) is 0.538. The van der Waals surface area contributed by atoms with E-state index in [1.54, 1.807) is 12.1 Å². The second kappa shape index (κ2) is 8.26. The van der Waals surface area contributed by atoms with Gasteiger partial charge in [0.25, 0.3) is 5.56 Å². The summed E-state index contributed by atoms with van der Waals surface area (Å²) in [5, 5.41) is 3.59. The van der Waals surface area contributed by atoms with Crippen molar-refractivity contribution in [3.8, 4) is 5.69 Å². The molecule has 0 radical (unpaired) electrons. The number of alkyl halides is 3. The third-order valence-corrected chi connectivity index (χ3v) is 4.63. The Labute approximate surface area is 172 Å². The molecule has 3 rings (SSSR count). The third kappa shape index (κ3) is 4.60. The van der Waals surface area contributed by atoms with Gasteiger partial charge < -0.3 is 4.74 Å². The number of esters is 1. The van der Waals surface area contributed by atoms with Crippen molar-refractivity contribution in [3.05, 3.63) is 91.8 Å². The van der Waals surface area contributed by atoms with Gasteiger partial charge in [0.05, 0.1) is 28.0 Å². The van der Waals surface area contributed by atoms with Crippen molar-refractivity contribution in [2.75, 3.05) is 0 Å². The fraction of sp³-hybridized carbons (Fsp3) is 0.105. The molecule has 0 N–H and O–H groups in total. The minimum Gasteiger partial charge on any atom is -0.457 e. The molecule has 0 aliphatic heterocycles. The molecule has 0 saturated heterocycles. The first-order valence-electron chi connectivity index (χ1n) is 8.04. The predicted octanol–water partition coefficient (Wildman–Crippen LogP) is 4.92. The molecule has 10 heteroatoms. The maximum Gasteiger partial charge on any atom is 0.416 e. The van der Waals surface area contributed by atoms with Gasteiger partial charge in [-0.05, 0) is 29.8 Å². The molecule has 0 fully saturated rings. The van der Waals surface area contributed by atoms with Crippen LogP contribution in [0.2, 0.25) is 10.0 Å². The van der Waals surface area contributed by atoms with E-state index in [-0.39, 0.29) is 27.9 Å². The Morgan fingerprint density at radius 1 is 1.07 bits per heavy atom. The van der Waals surface area contributed by atoms with Crippen LogP contribution in [0.4, 0.5) is 13.2 Å². The van der Waals surface area contributed by atoms with Crippen molar-refractivity contribution in [3.63, 3.8) is 0 Å². The first kappa shape index (κ1) is 20.9. The van der Waals surface area contributed by atoms with Crippen LogP contribution in [0.1, 0.15) is 21.5 Å². The van der Waals surface area contributed by atoms with Crippen LogP contribution in [-0.2, 0) is 17.5 Å². The highest BCUT2D eigenvalue weighted by Crippen LogP contribution is 2.29. The van der Waals surface area contributed by atoms with E-state index in [2.05, 4.69) is 5.10 Å². The second-order valence-electron chi connectivity index (χ2n) is 5.81. The Kier molecular flexibility index (Phi) is 5.95. The van der Waals surface area contributed by atoms with Gasteiger partial charge in [-0.3, -0.25) is 4.79 Å². The number of para-hydroxylation sites is 1. The molecule has 0 bridgehead atoms. The summed E-state index contributed by atoms with van der Waals surface area (Å²) in [4.78, 5) is 24.8. The van der Waals surface area contributed by atoms with Crippen molar-refractivity contribution in [1.29, 1.82) is 0 Å². The predicted molar refractivity (Wildman–Crippen MR) is 100 cm³/mol. The third-order valence-electron chi connectivity index (χ3n) is 3.88. The second-order valence-corrected chi connectivity index (χ2v) is 6.60. The summed E-state index contributed by atoms with van der Waals surface area (Å²) in [5.41, 5.74) is -1.01. The summed E-state index contributed by atoms with van der Waals surface area (Å²) in [7, 11) is 0. The number of benzene rings is 2. The molecular formula is C19H11Cl2F3N2O3. The molecule has 29 heavy (non-hydrogen) atoms. The van der Waals surface area contributed by atoms with Gasteiger partial charge in [-0.25, -0.2) is 4.79 Å². The smallest absolute Gasteiger partial charge is 0.416 e. The van der Waals surface area contributed by atoms with Gasteiger partial charge in [0.1, 0.15) is 11.6 Å². The van der Waals surface area contributed by atoms with Crippen molar-refractivity contribution in [2.45, 2.75) is 12.8 Å². The molecule has 150 valence electrons. The lowest BCUT2D eigenvalue weighted by molar-refractivity contribution is -0.137. The zero-order valence-corrected chi connectivity index (χ0v) is 15.9. The molecule has 0 unspecified atom stereocenters. The fourth-order valence-electron chi connectivity index (χ4n) is 2.43. The van der Waals surface area contributed by atoms with Crippen molar-refractivity contribution in [1.82, 2.24) is 9.78 Å². The summed E-state index contributed by atoms with van der Waals surface area (Å²) < 4.78 is 43.9. The summed E-state index contributed by atoms with van der Waals surface area (Å²) >= 11 is 11.6. The Hall–Kier alpha value is -2.84. The Morgan fingerprint density at radius 3 is 2.38 bits per heavy atom. The van der Waals surface area contributed by atoms with Crippen LogP contribution < -0.4 is 5.56 Å². The van der Waals surface area contributed by atoms with Crippen LogP contribution in [0, 0.1) is 0 Å². The molecule has 1 aromatic heterocycles. The van der Waals surface area contributed by atoms with E-state index in [1.165, 1.54) is 24.3 Å². The van der Waals surface area contributed by atoms with E-state index in [9.17, 15) is 22.8 Å². The highest BCUT2D eigenvalue weighted by Gasteiger charge is 2.30. The van der Waals surface area contributed by atoms with E-state index in [0.29, 0.717) is 5.56 Å². The van der Waals surface area contributed by atoms with Crippen LogP contribution in [0.25, 0.3) is 5.69 Å². The minimum absolute atomic E-state index is 0.0207. The van der Waals surface area contributed by atoms with Crippen molar-refractivity contribution < 1.29 is 22.7 Å². The lowest BCUT2D eigenvalue weighted by atomic mass is 10.1. The van der Waals surface area contributed by atoms with E-state index in [1.807, 2.05) is 0 Å². The molecule has 3 aromatic rings. The number of rotatable bonds is 4. The fourth-order valence-corrected chi connectivity index (χ4v) is 2.69.